The van der Waals surface area contributed by atoms with E-state index in [4.69, 9.17) is 0 Å². The predicted molar refractivity (Wildman–Crippen MR) is 67.2 cm³/mol. The molecule has 0 aromatic carbocycles. The van der Waals surface area contributed by atoms with Crippen LogP contribution in [0.2, 0.25) is 0 Å². The van der Waals surface area contributed by atoms with Crippen LogP contribution in [0.1, 0.15) is 52.9 Å². The van der Waals surface area contributed by atoms with Gasteiger partial charge in [-0.15, -0.1) is 0 Å². The standard InChI is InChI=1S/C13H28N2/c1-11(14-4)10-13(3)15-9-7-5-6-8-12(15)2/h11-14H,5-10H2,1-4H3. The maximum absolute atomic E-state index is 3.34. The van der Waals surface area contributed by atoms with Crippen molar-refractivity contribution in [1.82, 2.24) is 10.2 Å². The van der Waals surface area contributed by atoms with Gasteiger partial charge in [0.25, 0.3) is 0 Å². The van der Waals surface area contributed by atoms with Gasteiger partial charge in [-0.25, -0.2) is 0 Å². The maximum atomic E-state index is 3.34. The molecule has 1 heterocycles. The Kier molecular flexibility index (Phi) is 5.62. The third-order valence-electron chi connectivity index (χ3n) is 3.86. The van der Waals surface area contributed by atoms with Gasteiger partial charge >= 0.3 is 0 Å². The number of nitrogens with zero attached hydrogens (tertiary/aromatic N) is 1. The fraction of sp³-hybridized carbons (Fsp3) is 1.00. The molecule has 1 N–H and O–H groups in total. The molecule has 2 nitrogen and oxygen atoms in total. The summed E-state index contributed by atoms with van der Waals surface area (Å²) in [6.07, 6.45) is 6.89. The fourth-order valence-electron chi connectivity index (χ4n) is 2.72. The highest BCUT2D eigenvalue weighted by atomic mass is 15.2. The lowest BCUT2D eigenvalue weighted by atomic mass is 10.1. The van der Waals surface area contributed by atoms with E-state index in [-0.39, 0.29) is 0 Å². The van der Waals surface area contributed by atoms with Crippen molar-refractivity contribution in [1.29, 1.82) is 0 Å². The van der Waals surface area contributed by atoms with Gasteiger partial charge in [0.2, 0.25) is 0 Å². The van der Waals surface area contributed by atoms with Crippen molar-refractivity contribution in [3.8, 4) is 0 Å². The highest BCUT2D eigenvalue weighted by Crippen LogP contribution is 2.20. The smallest absolute Gasteiger partial charge is 0.00844 e. The Morgan fingerprint density at radius 2 is 2.00 bits per heavy atom. The molecule has 1 aliphatic heterocycles. The van der Waals surface area contributed by atoms with Crippen LogP contribution in [0.4, 0.5) is 0 Å². The molecule has 3 unspecified atom stereocenters. The van der Waals surface area contributed by atoms with Crippen molar-refractivity contribution >= 4 is 0 Å². The first kappa shape index (κ1) is 13.0. The van der Waals surface area contributed by atoms with E-state index in [2.05, 4.69) is 38.0 Å². The molecule has 15 heavy (non-hydrogen) atoms. The second kappa shape index (κ2) is 6.49. The first-order valence-corrected chi connectivity index (χ1v) is 6.58. The van der Waals surface area contributed by atoms with Crippen molar-refractivity contribution < 1.29 is 0 Å². The molecule has 3 atom stereocenters. The highest BCUT2D eigenvalue weighted by molar-refractivity contribution is 4.79. The normalized spacial score (nSPS) is 28.4. The van der Waals surface area contributed by atoms with E-state index < -0.39 is 0 Å². The summed E-state index contributed by atoms with van der Waals surface area (Å²) in [4.78, 5) is 2.71. The lowest BCUT2D eigenvalue weighted by molar-refractivity contribution is 0.143. The molecular formula is C13H28N2. The summed E-state index contributed by atoms with van der Waals surface area (Å²) in [7, 11) is 2.06. The minimum absolute atomic E-state index is 0.635. The zero-order chi connectivity index (χ0) is 11.3. The quantitative estimate of drug-likeness (QED) is 0.770. The third-order valence-corrected chi connectivity index (χ3v) is 3.86. The van der Waals surface area contributed by atoms with Crippen molar-refractivity contribution in [3.05, 3.63) is 0 Å². The second-order valence-electron chi connectivity index (χ2n) is 5.21. The van der Waals surface area contributed by atoms with Gasteiger partial charge < -0.3 is 5.32 Å². The van der Waals surface area contributed by atoms with E-state index in [9.17, 15) is 0 Å². The Morgan fingerprint density at radius 3 is 2.67 bits per heavy atom. The molecule has 1 rings (SSSR count). The first-order chi connectivity index (χ1) is 7.15. The molecule has 1 fully saturated rings. The van der Waals surface area contributed by atoms with Crippen molar-refractivity contribution in [3.63, 3.8) is 0 Å². The van der Waals surface area contributed by atoms with E-state index in [1.165, 1.54) is 38.6 Å². The summed E-state index contributed by atoms with van der Waals surface area (Å²) in [5, 5.41) is 3.34. The number of nitrogens with one attached hydrogen (secondary N) is 1. The average molecular weight is 212 g/mol. The molecule has 0 aromatic rings. The van der Waals surface area contributed by atoms with Gasteiger partial charge in [0.05, 0.1) is 0 Å². The van der Waals surface area contributed by atoms with E-state index in [1.54, 1.807) is 0 Å². The second-order valence-corrected chi connectivity index (χ2v) is 5.21. The van der Waals surface area contributed by atoms with Gasteiger partial charge in [0, 0.05) is 18.1 Å². The van der Waals surface area contributed by atoms with Gasteiger partial charge in [0.1, 0.15) is 0 Å². The van der Waals surface area contributed by atoms with Crippen LogP contribution < -0.4 is 5.32 Å². The number of likely N-dealkylation sites (tertiary alicyclic amines) is 1. The lowest BCUT2D eigenvalue weighted by Gasteiger charge is -2.34. The highest BCUT2D eigenvalue weighted by Gasteiger charge is 2.22. The Bertz CT molecular complexity index is 170. The number of hydrogen-bond donors (Lipinski definition) is 1. The SMILES string of the molecule is CNC(C)CC(C)N1CCCCCC1C. The summed E-state index contributed by atoms with van der Waals surface area (Å²) >= 11 is 0. The molecule has 2 heteroatoms. The third kappa shape index (κ3) is 4.12. The Morgan fingerprint density at radius 1 is 1.27 bits per heavy atom. The molecule has 0 saturated carbocycles. The van der Waals surface area contributed by atoms with E-state index >= 15 is 0 Å². The zero-order valence-electron chi connectivity index (χ0n) is 10.9. The van der Waals surface area contributed by atoms with Crippen molar-refractivity contribution in [2.45, 2.75) is 71.0 Å². The van der Waals surface area contributed by atoms with Gasteiger partial charge in [0.15, 0.2) is 0 Å². The summed E-state index contributed by atoms with van der Waals surface area (Å²) in [5.74, 6) is 0. The van der Waals surface area contributed by atoms with Crippen LogP contribution in [-0.2, 0) is 0 Å². The fourth-order valence-corrected chi connectivity index (χ4v) is 2.72. The van der Waals surface area contributed by atoms with Gasteiger partial charge in [-0.3, -0.25) is 4.90 Å². The maximum Gasteiger partial charge on any atom is 0.00844 e. The predicted octanol–water partition coefficient (Wildman–Crippen LogP) is 2.64. The van der Waals surface area contributed by atoms with Crippen LogP contribution in [0, 0.1) is 0 Å². The van der Waals surface area contributed by atoms with Gasteiger partial charge in [-0.1, -0.05) is 12.8 Å². The average Bonchev–Trinajstić information content (AvgIpc) is 2.42. The molecule has 0 spiro atoms. The summed E-state index contributed by atoms with van der Waals surface area (Å²) in [6, 6.07) is 2.14. The molecule has 90 valence electrons. The minimum atomic E-state index is 0.635. The summed E-state index contributed by atoms with van der Waals surface area (Å²) in [6.45, 7) is 8.36. The molecule has 0 amide bonds. The van der Waals surface area contributed by atoms with E-state index in [1.807, 2.05) is 0 Å². The zero-order valence-corrected chi connectivity index (χ0v) is 10.9. The molecule has 0 radical (unpaired) electrons. The monoisotopic (exact) mass is 212 g/mol. The van der Waals surface area contributed by atoms with Crippen LogP contribution >= 0.6 is 0 Å². The summed E-state index contributed by atoms with van der Waals surface area (Å²) in [5.41, 5.74) is 0. The van der Waals surface area contributed by atoms with E-state index in [0.29, 0.717) is 6.04 Å². The summed E-state index contributed by atoms with van der Waals surface area (Å²) < 4.78 is 0. The molecule has 1 saturated heterocycles. The van der Waals surface area contributed by atoms with Crippen LogP contribution in [0.3, 0.4) is 0 Å². The van der Waals surface area contributed by atoms with Crippen molar-refractivity contribution in [2.24, 2.45) is 0 Å². The van der Waals surface area contributed by atoms with E-state index in [0.717, 1.165) is 12.1 Å². The lowest BCUT2D eigenvalue weighted by Crippen LogP contribution is -2.42. The largest absolute Gasteiger partial charge is 0.317 e. The van der Waals surface area contributed by atoms with Gasteiger partial charge in [-0.05, 0) is 53.6 Å². The van der Waals surface area contributed by atoms with Crippen LogP contribution in [0.5, 0.6) is 0 Å². The van der Waals surface area contributed by atoms with Gasteiger partial charge in [-0.2, -0.15) is 0 Å². The molecule has 0 aromatic heterocycles. The van der Waals surface area contributed by atoms with Crippen molar-refractivity contribution in [2.75, 3.05) is 13.6 Å². The van der Waals surface area contributed by atoms with Crippen LogP contribution in [0.25, 0.3) is 0 Å². The minimum Gasteiger partial charge on any atom is -0.317 e. The topological polar surface area (TPSA) is 15.3 Å². The number of hydrogen-bond acceptors (Lipinski definition) is 2. The molecular weight excluding hydrogens is 184 g/mol. The Labute approximate surface area is 95.4 Å². The Hall–Kier alpha value is -0.0800. The molecule has 0 aliphatic carbocycles. The number of rotatable bonds is 4. The molecule has 1 aliphatic rings. The van der Waals surface area contributed by atoms with Crippen LogP contribution in [0.15, 0.2) is 0 Å². The van der Waals surface area contributed by atoms with Crippen LogP contribution in [-0.4, -0.2) is 36.6 Å². The molecule has 0 bridgehead atoms. The first-order valence-electron chi connectivity index (χ1n) is 6.58. The Balaban J connectivity index is 2.44.